The smallest absolute Gasteiger partial charge is 0.260 e. The number of aromatic nitrogens is 2. The average molecular weight is 493 g/mol. The summed E-state index contributed by atoms with van der Waals surface area (Å²) in [6, 6.07) is 15.5. The molecule has 0 bridgehead atoms. The Kier molecular flexibility index (Phi) is 6.50. The van der Waals surface area contributed by atoms with Gasteiger partial charge in [-0.15, -0.1) is 11.3 Å². The van der Waals surface area contributed by atoms with E-state index in [1.165, 1.54) is 11.3 Å². The molecule has 0 saturated carbocycles. The molecule has 1 aliphatic heterocycles. The number of rotatable bonds is 5. The van der Waals surface area contributed by atoms with Gasteiger partial charge in [-0.1, -0.05) is 54.1 Å². The molecule has 34 heavy (non-hydrogen) atoms. The second-order valence-corrected chi connectivity index (χ2v) is 9.85. The lowest BCUT2D eigenvalue weighted by molar-refractivity contribution is -0.132. The first-order chi connectivity index (χ1) is 16.5. The van der Waals surface area contributed by atoms with Crippen molar-refractivity contribution in [3.05, 3.63) is 86.2 Å². The number of nitrogens with one attached hydrogen (secondary N) is 1. The predicted octanol–water partition coefficient (Wildman–Crippen LogP) is 4.50. The van der Waals surface area contributed by atoms with E-state index in [4.69, 9.17) is 16.6 Å². The fourth-order valence-corrected chi connectivity index (χ4v) is 5.59. The number of fused-ring (bicyclic) bond motifs is 1. The quantitative estimate of drug-likeness (QED) is 0.445. The van der Waals surface area contributed by atoms with Crippen molar-refractivity contribution in [1.29, 1.82) is 0 Å². The number of aryl methyl sites for hydroxylation is 1. The number of amides is 1. The lowest BCUT2D eigenvalue weighted by Gasteiger charge is -2.34. The van der Waals surface area contributed by atoms with Crippen LogP contribution < -0.4 is 5.56 Å². The minimum absolute atomic E-state index is 0.150. The number of aromatic amines is 1. The summed E-state index contributed by atoms with van der Waals surface area (Å²) in [6.45, 7) is 5.42. The molecule has 0 unspecified atom stereocenters. The Balaban J connectivity index is 1.25. The Morgan fingerprint density at radius 2 is 1.79 bits per heavy atom. The lowest BCUT2D eigenvalue weighted by atomic mass is 10.1. The van der Waals surface area contributed by atoms with Gasteiger partial charge in [-0.25, -0.2) is 4.98 Å². The van der Waals surface area contributed by atoms with Crippen LogP contribution in [-0.2, 0) is 17.8 Å². The van der Waals surface area contributed by atoms with Crippen molar-refractivity contribution < 1.29 is 4.79 Å². The van der Waals surface area contributed by atoms with Gasteiger partial charge in [0, 0.05) is 47.7 Å². The van der Waals surface area contributed by atoms with Crippen LogP contribution in [0.1, 0.15) is 17.0 Å². The van der Waals surface area contributed by atoms with E-state index in [9.17, 15) is 9.59 Å². The molecule has 0 radical (unpaired) electrons. The van der Waals surface area contributed by atoms with Gasteiger partial charge >= 0.3 is 0 Å². The molecule has 3 heterocycles. The molecule has 1 N–H and O–H groups in total. The number of carbonyl (C=O) groups is 1. The fourth-order valence-electron chi connectivity index (χ4n) is 4.40. The SMILES string of the molecule is Cc1ccccc1CC(=O)N1CCN(Cc2nc3scc(-c4ccccc4Cl)c3c(=O)[nH]2)CC1. The first kappa shape index (κ1) is 22.8. The predicted molar refractivity (Wildman–Crippen MR) is 137 cm³/mol. The zero-order valence-corrected chi connectivity index (χ0v) is 20.5. The lowest BCUT2D eigenvalue weighted by Crippen LogP contribution is -2.49. The summed E-state index contributed by atoms with van der Waals surface area (Å²) >= 11 is 7.81. The Morgan fingerprint density at radius 1 is 1.06 bits per heavy atom. The van der Waals surface area contributed by atoms with E-state index in [2.05, 4.69) is 9.88 Å². The van der Waals surface area contributed by atoms with Crippen molar-refractivity contribution in [2.75, 3.05) is 26.2 Å². The third-order valence-corrected chi connectivity index (χ3v) is 7.56. The van der Waals surface area contributed by atoms with E-state index < -0.39 is 0 Å². The third-order valence-electron chi connectivity index (χ3n) is 6.36. The van der Waals surface area contributed by atoms with Crippen molar-refractivity contribution in [2.24, 2.45) is 0 Å². The maximum atomic E-state index is 12.9. The van der Waals surface area contributed by atoms with Crippen LogP contribution in [-0.4, -0.2) is 51.9 Å². The summed E-state index contributed by atoms with van der Waals surface area (Å²) in [4.78, 5) is 38.3. The van der Waals surface area contributed by atoms with Crippen LogP contribution in [0.25, 0.3) is 21.3 Å². The number of carbonyl (C=O) groups excluding carboxylic acids is 1. The van der Waals surface area contributed by atoms with Crippen LogP contribution in [0.4, 0.5) is 0 Å². The van der Waals surface area contributed by atoms with Gasteiger partial charge in [-0.2, -0.15) is 0 Å². The zero-order chi connectivity index (χ0) is 23.7. The van der Waals surface area contributed by atoms with Gasteiger partial charge in [0.1, 0.15) is 10.7 Å². The summed E-state index contributed by atoms with van der Waals surface area (Å²) in [5, 5.41) is 3.13. The van der Waals surface area contributed by atoms with E-state index in [1.54, 1.807) is 0 Å². The Hall–Kier alpha value is -3.00. The molecule has 1 saturated heterocycles. The first-order valence-electron chi connectivity index (χ1n) is 11.3. The van der Waals surface area contributed by atoms with Gasteiger partial charge in [0.2, 0.25) is 5.91 Å². The van der Waals surface area contributed by atoms with Gasteiger partial charge < -0.3 is 9.88 Å². The standard InChI is InChI=1S/C26H25ClN4O2S/c1-17-6-2-3-7-18(17)14-23(32)31-12-10-30(11-13-31)15-22-28-25(33)24-20(16-34-26(24)29-22)19-8-4-5-9-21(19)27/h2-9,16H,10-15H2,1H3,(H,28,29,33). The van der Waals surface area contributed by atoms with E-state index in [0.717, 1.165) is 35.3 Å². The second-order valence-electron chi connectivity index (χ2n) is 8.58. The molecule has 4 aromatic rings. The van der Waals surface area contributed by atoms with Gasteiger partial charge in [0.25, 0.3) is 5.56 Å². The van der Waals surface area contributed by atoms with Crippen LogP contribution in [0.15, 0.2) is 58.7 Å². The van der Waals surface area contributed by atoms with Crippen molar-refractivity contribution in [3.8, 4) is 11.1 Å². The molecule has 2 aromatic carbocycles. The molecule has 2 aromatic heterocycles. The number of hydrogen-bond acceptors (Lipinski definition) is 5. The van der Waals surface area contributed by atoms with E-state index in [-0.39, 0.29) is 11.5 Å². The molecule has 5 rings (SSSR count). The highest BCUT2D eigenvalue weighted by Crippen LogP contribution is 2.34. The van der Waals surface area contributed by atoms with Gasteiger partial charge in [-0.3, -0.25) is 14.5 Å². The van der Waals surface area contributed by atoms with E-state index in [1.807, 2.05) is 65.7 Å². The van der Waals surface area contributed by atoms with Crippen LogP contribution in [0.3, 0.4) is 0 Å². The van der Waals surface area contributed by atoms with Crippen molar-refractivity contribution in [2.45, 2.75) is 19.9 Å². The summed E-state index contributed by atoms with van der Waals surface area (Å²) in [7, 11) is 0. The van der Waals surface area contributed by atoms with Gasteiger partial charge in [0.05, 0.1) is 18.4 Å². The normalized spacial score (nSPS) is 14.6. The Labute approximate surface area is 206 Å². The van der Waals surface area contributed by atoms with Gasteiger partial charge in [-0.05, 0) is 24.1 Å². The number of H-pyrrole nitrogens is 1. The monoisotopic (exact) mass is 492 g/mol. The topological polar surface area (TPSA) is 69.3 Å². The molecule has 1 fully saturated rings. The number of halogens is 1. The van der Waals surface area contributed by atoms with Crippen molar-refractivity contribution >= 4 is 39.1 Å². The Bertz CT molecular complexity index is 1410. The molecule has 8 heteroatoms. The molecule has 174 valence electrons. The zero-order valence-electron chi connectivity index (χ0n) is 18.9. The Morgan fingerprint density at radius 3 is 2.56 bits per heavy atom. The summed E-state index contributed by atoms with van der Waals surface area (Å²) in [5.41, 5.74) is 3.72. The number of nitrogens with zero attached hydrogens (tertiary/aromatic N) is 3. The van der Waals surface area contributed by atoms with Crippen molar-refractivity contribution in [1.82, 2.24) is 19.8 Å². The number of hydrogen-bond donors (Lipinski definition) is 1. The van der Waals surface area contributed by atoms with Crippen molar-refractivity contribution in [3.63, 3.8) is 0 Å². The third kappa shape index (κ3) is 4.64. The van der Waals surface area contributed by atoms with E-state index in [0.29, 0.717) is 47.1 Å². The molecule has 0 spiro atoms. The molecule has 1 aliphatic rings. The van der Waals surface area contributed by atoms with Crippen LogP contribution in [0.5, 0.6) is 0 Å². The highest BCUT2D eigenvalue weighted by atomic mass is 35.5. The highest BCUT2D eigenvalue weighted by molar-refractivity contribution is 7.17. The molecule has 0 atom stereocenters. The first-order valence-corrected chi connectivity index (χ1v) is 12.6. The van der Waals surface area contributed by atoms with Crippen LogP contribution in [0, 0.1) is 6.92 Å². The van der Waals surface area contributed by atoms with Crippen LogP contribution in [0.2, 0.25) is 5.02 Å². The molecular weight excluding hydrogens is 468 g/mol. The maximum Gasteiger partial charge on any atom is 0.260 e. The molecule has 6 nitrogen and oxygen atoms in total. The summed E-state index contributed by atoms with van der Waals surface area (Å²) in [6.07, 6.45) is 0.435. The number of thiophene rings is 1. The fraction of sp³-hybridized carbons (Fsp3) is 0.269. The highest BCUT2D eigenvalue weighted by Gasteiger charge is 2.23. The number of piperazine rings is 1. The maximum absolute atomic E-state index is 12.9. The molecule has 0 aliphatic carbocycles. The van der Waals surface area contributed by atoms with E-state index >= 15 is 0 Å². The second kappa shape index (κ2) is 9.70. The van der Waals surface area contributed by atoms with Crippen LogP contribution >= 0.6 is 22.9 Å². The molecular formula is C26H25ClN4O2S. The molecule has 1 amide bonds. The minimum atomic E-state index is -0.150. The summed E-state index contributed by atoms with van der Waals surface area (Å²) in [5.74, 6) is 0.803. The van der Waals surface area contributed by atoms with Gasteiger partial charge in [0.15, 0.2) is 0 Å². The number of benzene rings is 2. The average Bonchev–Trinajstić information content (AvgIpc) is 3.25. The summed E-state index contributed by atoms with van der Waals surface area (Å²) < 4.78 is 0. The minimum Gasteiger partial charge on any atom is -0.340 e. The largest absolute Gasteiger partial charge is 0.340 e.